The predicted molar refractivity (Wildman–Crippen MR) is 131 cm³/mol. The maximum Gasteiger partial charge on any atom is 0.255 e. The number of carbonyl (C=O) groups is 4. The van der Waals surface area contributed by atoms with Crippen molar-refractivity contribution >= 4 is 30.1 Å². The zero-order valence-electron chi connectivity index (χ0n) is 19.8. The van der Waals surface area contributed by atoms with Crippen molar-refractivity contribution in [3.05, 3.63) is 59.7 Å². The lowest BCUT2D eigenvalue weighted by Gasteiger charge is -2.36. The zero-order valence-corrected chi connectivity index (χ0v) is 19.8. The Morgan fingerprint density at radius 1 is 1.00 bits per heavy atom. The Labute approximate surface area is 205 Å². The number of fused-ring (bicyclic) bond motifs is 1. The standard InChI is InChI=1S/C27H31N3O5/c31-17-5-9-22(20-32)30-19-24-23(27(30)34)10-4-11-25(24)35-18-6-12-26(33)29-15-13-28(14-16-29)21-7-2-1-3-8-21/h1-4,7-8,10-11,17,20,22H,5-6,9,12-16,18-19H2. The summed E-state index contributed by atoms with van der Waals surface area (Å²) in [5, 5.41) is 0. The van der Waals surface area contributed by atoms with Gasteiger partial charge in [0, 0.05) is 55.8 Å². The minimum absolute atomic E-state index is 0.130. The first-order valence-corrected chi connectivity index (χ1v) is 12.1. The van der Waals surface area contributed by atoms with E-state index < -0.39 is 6.04 Å². The second-order valence-corrected chi connectivity index (χ2v) is 8.82. The fourth-order valence-electron chi connectivity index (χ4n) is 4.68. The zero-order chi connectivity index (χ0) is 24.6. The molecule has 0 spiro atoms. The summed E-state index contributed by atoms with van der Waals surface area (Å²) in [4.78, 5) is 53.3. The molecule has 8 nitrogen and oxygen atoms in total. The van der Waals surface area contributed by atoms with Gasteiger partial charge in [-0.1, -0.05) is 24.3 Å². The number of nitrogens with zero attached hydrogens (tertiary/aromatic N) is 3. The summed E-state index contributed by atoms with van der Waals surface area (Å²) < 4.78 is 5.95. The van der Waals surface area contributed by atoms with Gasteiger partial charge in [0.15, 0.2) is 0 Å². The normalized spacial score (nSPS) is 16.1. The molecule has 2 aromatic rings. The molecule has 0 saturated carbocycles. The van der Waals surface area contributed by atoms with Crippen LogP contribution in [0, 0.1) is 0 Å². The van der Waals surface area contributed by atoms with E-state index >= 15 is 0 Å². The van der Waals surface area contributed by atoms with E-state index in [-0.39, 0.29) is 24.8 Å². The Morgan fingerprint density at radius 2 is 1.77 bits per heavy atom. The van der Waals surface area contributed by atoms with Gasteiger partial charge in [0.2, 0.25) is 5.91 Å². The number of hydrogen-bond acceptors (Lipinski definition) is 6. The molecule has 1 atom stereocenters. The largest absolute Gasteiger partial charge is 0.493 e. The second-order valence-electron chi connectivity index (χ2n) is 8.82. The molecule has 2 aliphatic heterocycles. The van der Waals surface area contributed by atoms with Gasteiger partial charge in [-0.15, -0.1) is 0 Å². The van der Waals surface area contributed by atoms with Crippen molar-refractivity contribution in [2.45, 2.75) is 38.3 Å². The van der Waals surface area contributed by atoms with Gasteiger partial charge in [0.1, 0.15) is 18.3 Å². The first-order valence-electron chi connectivity index (χ1n) is 12.1. The topological polar surface area (TPSA) is 87.2 Å². The van der Waals surface area contributed by atoms with Gasteiger partial charge in [0.25, 0.3) is 5.91 Å². The van der Waals surface area contributed by atoms with E-state index in [1.54, 1.807) is 12.1 Å². The van der Waals surface area contributed by atoms with Crippen LogP contribution in [0.1, 0.15) is 41.6 Å². The second kappa shape index (κ2) is 11.6. The first kappa shape index (κ1) is 24.4. The summed E-state index contributed by atoms with van der Waals surface area (Å²) in [5.41, 5.74) is 2.45. The van der Waals surface area contributed by atoms with Crippen LogP contribution in [0.5, 0.6) is 5.75 Å². The fourth-order valence-corrected chi connectivity index (χ4v) is 4.68. The van der Waals surface area contributed by atoms with Gasteiger partial charge in [-0.05, 0) is 37.1 Å². The third kappa shape index (κ3) is 5.70. The highest BCUT2D eigenvalue weighted by Gasteiger charge is 2.34. The summed E-state index contributed by atoms with van der Waals surface area (Å²) in [6.07, 6.45) is 2.99. The van der Waals surface area contributed by atoms with Crippen LogP contribution in [0.15, 0.2) is 48.5 Å². The molecule has 1 fully saturated rings. The molecule has 2 heterocycles. The Balaban J connectivity index is 1.24. The van der Waals surface area contributed by atoms with E-state index in [0.29, 0.717) is 50.3 Å². The average molecular weight is 478 g/mol. The molecular formula is C27H31N3O5. The van der Waals surface area contributed by atoms with Crippen molar-refractivity contribution in [1.29, 1.82) is 0 Å². The summed E-state index contributed by atoms with van der Waals surface area (Å²) >= 11 is 0. The minimum Gasteiger partial charge on any atom is -0.493 e. The lowest BCUT2D eigenvalue weighted by atomic mass is 10.1. The number of piperazine rings is 1. The first-order chi connectivity index (χ1) is 17.1. The molecule has 4 rings (SSSR count). The number of rotatable bonds is 11. The molecule has 1 saturated heterocycles. The third-order valence-electron chi connectivity index (χ3n) is 6.64. The number of anilines is 1. The number of para-hydroxylation sites is 1. The number of benzene rings is 2. The van der Waals surface area contributed by atoms with Crippen LogP contribution in [-0.2, 0) is 20.9 Å². The van der Waals surface area contributed by atoms with Gasteiger partial charge in [-0.25, -0.2) is 0 Å². The smallest absolute Gasteiger partial charge is 0.255 e. The number of amides is 2. The van der Waals surface area contributed by atoms with Crippen LogP contribution in [0.2, 0.25) is 0 Å². The van der Waals surface area contributed by atoms with E-state index in [2.05, 4.69) is 17.0 Å². The molecule has 1 unspecified atom stereocenters. The van der Waals surface area contributed by atoms with Gasteiger partial charge in [0.05, 0.1) is 19.2 Å². The highest BCUT2D eigenvalue weighted by Crippen LogP contribution is 2.32. The molecule has 0 bridgehead atoms. The van der Waals surface area contributed by atoms with Crippen molar-refractivity contribution < 1.29 is 23.9 Å². The van der Waals surface area contributed by atoms with Crippen LogP contribution in [0.4, 0.5) is 5.69 Å². The number of carbonyl (C=O) groups excluding carboxylic acids is 4. The Kier molecular flexibility index (Phi) is 8.13. The molecule has 35 heavy (non-hydrogen) atoms. The molecule has 0 radical (unpaired) electrons. The third-order valence-corrected chi connectivity index (χ3v) is 6.64. The minimum atomic E-state index is -0.632. The van der Waals surface area contributed by atoms with Crippen molar-refractivity contribution in [2.75, 3.05) is 37.7 Å². The maximum absolute atomic E-state index is 12.8. The van der Waals surface area contributed by atoms with E-state index in [1.807, 2.05) is 29.2 Å². The fraction of sp³-hybridized carbons (Fsp3) is 0.407. The van der Waals surface area contributed by atoms with Crippen LogP contribution in [0.3, 0.4) is 0 Å². The Bertz CT molecular complexity index is 1050. The van der Waals surface area contributed by atoms with Crippen molar-refractivity contribution in [1.82, 2.24) is 9.80 Å². The molecular weight excluding hydrogens is 446 g/mol. The highest BCUT2D eigenvalue weighted by molar-refractivity contribution is 6.00. The van der Waals surface area contributed by atoms with Crippen LogP contribution >= 0.6 is 0 Å². The SMILES string of the molecule is O=CCCC(C=O)N1Cc2c(OCCCC(=O)N3CCN(c4ccccc4)CC3)cccc2C1=O. The molecule has 2 aliphatic rings. The molecule has 8 heteroatoms. The highest BCUT2D eigenvalue weighted by atomic mass is 16.5. The molecule has 2 amide bonds. The molecule has 2 aromatic carbocycles. The lowest BCUT2D eigenvalue weighted by molar-refractivity contribution is -0.131. The van der Waals surface area contributed by atoms with Gasteiger partial charge < -0.3 is 29.0 Å². The molecule has 0 aliphatic carbocycles. The van der Waals surface area contributed by atoms with E-state index in [4.69, 9.17) is 4.74 Å². The summed E-state index contributed by atoms with van der Waals surface area (Å²) in [6, 6.07) is 14.9. The molecule has 0 N–H and O–H groups in total. The number of aldehydes is 2. The molecule has 184 valence electrons. The van der Waals surface area contributed by atoms with Crippen LogP contribution in [-0.4, -0.2) is 73.0 Å². The number of hydrogen-bond donors (Lipinski definition) is 0. The quantitative estimate of drug-likeness (QED) is 0.365. The Morgan fingerprint density at radius 3 is 2.49 bits per heavy atom. The van der Waals surface area contributed by atoms with E-state index in [9.17, 15) is 19.2 Å². The lowest BCUT2D eigenvalue weighted by Crippen LogP contribution is -2.48. The summed E-state index contributed by atoms with van der Waals surface area (Å²) in [6.45, 7) is 3.70. The van der Waals surface area contributed by atoms with Gasteiger partial charge in [-0.2, -0.15) is 0 Å². The molecule has 0 aromatic heterocycles. The van der Waals surface area contributed by atoms with Crippen LogP contribution < -0.4 is 9.64 Å². The van der Waals surface area contributed by atoms with Crippen molar-refractivity contribution in [2.24, 2.45) is 0 Å². The van der Waals surface area contributed by atoms with Crippen molar-refractivity contribution in [3.8, 4) is 5.75 Å². The predicted octanol–water partition coefficient (Wildman–Crippen LogP) is 2.70. The van der Waals surface area contributed by atoms with Crippen LogP contribution in [0.25, 0.3) is 0 Å². The van der Waals surface area contributed by atoms with E-state index in [0.717, 1.165) is 31.2 Å². The maximum atomic E-state index is 12.8. The van der Waals surface area contributed by atoms with Gasteiger partial charge in [-0.3, -0.25) is 9.59 Å². The summed E-state index contributed by atoms with van der Waals surface area (Å²) in [5.74, 6) is 0.505. The Hall–Kier alpha value is -3.68. The monoisotopic (exact) mass is 477 g/mol. The summed E-state index contributed by atoms with van der Waals surface area (Å²) in [7, 11) is 0. The average Bonchev–Trinajstić information content (AvgIpc) is 3.24. The van der Waals surface area contributed by atoms with Crippen molar-refractivity contribution in [3.63, 3.8) is 0 Å². The van der Waals surface area contributed by atoms with E-state index in [1.165, 1.54) is 10.6 Å². The van der Waals surface area contributed by atoms with Gasteiger partial charge >= 0.3 is 0 Å². The number of ether oxygens (including phenoxy) is 1.